The maximum Gasteiger partial charge on any atom is 0.240 e. The minimum atomic E-state index is -0.0386. The van der Waals surface area contributed by atoms with E-state index in [0.717, 1.165) is 11.3 Å². The lowest BCUT2D eigenvalue weighted by atomic mass is 10.1. The van der Waals surface area contributed by atoms with Crippen molar-refractivity contribution >= 4 is 17.7 Å². The highest BCUT2D eigenvalue weighted by Gasteiger charge is 2.08. The Bertz CT molecular complexity index is 535. The molecule has 1 amide bonds. The summed E-state index contributed by atoms with van der Waals surface area (Å²) < 4.78 is 10.4. The second-order valence-corrected chi connectivity index (χ2v) is 4.09. The third-order valence-electron chi connectivity index (χ3n) is 2.81. The van der Waals surface area contributed by atoms with Crippen LogP contribution >= 0.6 is 0 Å². The zero-order chi connectivity index (χ0) is 13.7. The summed E-state index contributed by atoms with van der Waals surface area (Å²) in [5.41, 5.74) is 4.30. The Kier molecular flexibility index (Phi) is 4.18. The van der Waals surface area contributed by atoms with Crippen molar-refractivity contribution in [3.8, 4) is 11.5 Å². The Hall–Kier alpha value is -2.30. The van der Waals surface area contributed by atoms with E-state index in [1.54, 1.807) is 14.2 Å². The van der Waals surface area contributed by atoms with Gasteiger partial charge in [0.25, 0.3) is 0 Å². The van der Waals surface area contributed by atoms with Gasteiger partial charge in [-0.3, -0.25) is 4.79 Å². The van der Waals surface area contributed by atoms with Crippen LogP contribution in [0.25, 0.3) is 6.08 Å². The summed E-state index contributed by atoms with van der Waals surface area (Å²) in [6, 6.07) is 5.67. The number of ether oxygens (including phenoxy) is 2. The number of hydrazone groups is 1. The number of carbonyl (C=O) groups is 1. The van der Waals surface area contributed by atoms with E-state index in [4.69, 9.17) is 9.47 Å². The van der Waals surface area contributed by atoms with Crippen molar-refractivity contribution in [1.29, 1.82) is 0 Å². The van der Waals surface area contributed by atoms with Gasteiger partial charge in [-0.25, -0.2) is 5.43 Å². The van der Waals surface area contributed by atoms with Gasteiger partial charge in [0.15, 0.2) is 11.5 Å². The quantitative estimate of drug-likeness (QED) is 0.900. The lowest BCUT2D eigenvalue weighted by Gasteiger charge is -2.09. The number of hydrogen-bond donors (Lipinski definition) is 1. The number of hydrogen-bond acceptors (Lipinski definition) is 4. The first-order valence-electron chi connectivity index (χ1n) is 5.98. The maximum atomic E-state index is 11.0. The van der Waals surface area contributed by atoms with Crippen LogP contribution in [0.4, 0.5) is 0 Å². The van der Waals surface area contributed by atoms with Crippen LogP contribution in [0.3, 0.4) is 0 Å². The third-order valence-corrected chi connectivity index (χ3v) is 2.81. The highest BCUT2D eigenvalue weighted by Crippen LogP contribution is 2.28. The van der Waals surface area contributed by atoms with Gasteiger partial charge in [-0.2, -0.15) is 5.10 Å². The summed E-state index contributed by atoms with van der Waals surface area (Å²) in [6.07, 6.45) is 4.96. The Morgan fingerprint density at radius 3 is 2.58 bits per heavy atom. The van der Waals surface area contributed by atoms with E-state index < -0.39 is 0 Å². The van der Waals surface area contributed by atoms with Crippen LogP contribution in [-0.4, -0.2) is 25.8 Å². The minimum absolute atomic E-state index is 0.0386. The molecule has 1 aromatic rings. The fourth-order valence-electron chi connectivity index (χ4n) is 1.76. The molecule has 0 fully saturated rings. The van der Waals surface area contributed by atoms with Gasteiger partial charge in [0.05, 0.1) is 19.9 Å². The number of benzene rings is 1. The summed E-state index contributed by atoms with van der Waals surface area (Å²) in [6.45, 7) is 0. The lowest BCUT2D eigenvalue weighted by molar-refractivity contribution is -0.121. The third kappa shape index (κ3) is 3.34. The van der Waals surface area contributed by atoms with E-state index >= 15 is 0 Å². The zero-order valence-electron chi connectivity index (χ0n) is 11.0. The Morgan fingerprint density at radius 2 is 1.95 bits per heavy atom. The number of methoxy groups -OCH3 is 2. The molecule has 1 N–H and O–H groups in total. The first-order valence-corrected chi connectivity index (χ1v) is 5.98. The van der Waals surface area contributed by atoms with Crippen LogP contribution in [0.1, 0.15) is 18.4 Å². The van der Waals surface area contributed by atoms with E-state index in [-0.39, 0.29) is 5.91 Å². The van der Waals surface area contributed by atoms with Crippen molar-refractivity contribution in [2.45, 2.75) is 12.8 Å². The molecule has 0 saturated heterocycles. The van der Waals surface area contributed by atoms with E-state index in [9.17, 15) is 4.79 Å². The molecule has 0 aliphatic carbocycles. The van der Waals surface area contributed by atoms with Gasteiger partial charge in [-0.15, -0.1) is 0 Å². The Balaban J connectivity index is 2.13. The molecule has 0 radical (unpaired) electrons. The fourth-order valence-corrected chi connectivity index (χ4v) is 1.76. The van der Waals surface area contributed by atoms with E-state index in [0.29, 0.717) is 24.3 Å². The largest absolute Gasteiger partial charge is 0.493 e. The van der Waals surface area contributed by atoms with Crippen LogP contribution < -0.4 is 14.9 Å². The second-order valence-electron chi connectivity index (χ2n) is 4.09. The van der Waals surface area contributed by atoms with E-state index in [1.165, 1.54) is 0 Å². The summed E-state index contributed by atoms with van der Waals surface area (Å²) in [5, 5.41) is 3.98. The first kappa shape index (κ1) is 13.1. The SMILES string of the molecule is COc1ccc(C=CC2=NNC(=O)CC2)cc1OC. The molecule has 1 aromatic carbocycles. The molecule has 1 aliphatic heterocycles. The van der Waals surface area contributed by atoms with Crippen molar-refractivity contribution in [2.24, 2.45) is 5.10 Å². The van der Waals surface area contributed by atoms with Crippen molar-refractivity contribution < 1.29 is 14.3 Å². The standard InChI is InChI=1S/C14H16N2O3/c1-18-12-7-4-10(9-13(12)19-2)3-5-11-6-8-14(17)16-15-11/h3-5,7,9H,6,8H2,1-2H3,(H,16,17). The smallest absolute Gasteiger partial charge is 0.240 e. The van der Waals surface area contributed by atoms with Gasteiger partial charge in [-0.05, 0) is 23.8 Å². The van der Waals surface area contributed by atoms with Crippen molar-refractivity contribution in [3.63, 3.8) is 0 Å². The molecule has 0 atom stereocenters. The van der Waals surface area contributed by atoms with Crippen LogP contribution in [0.5, 0.6) is 11.5 Å². The molecule has 5 nitrogen and oxygen atoms in total. The predicted molar refractivity (Wildman–Crippen MR) is 73.4 cm³/mol. The molecule has 19 heavy (non-hydrogen) atoms. The topological polar surface area (TPSA) is 59.9 Å². The zero-order valence-corrected chi connectivity index (χ0v) is 11.0. The fraction of sp³-hybridized carbons (Fsp3) is 0.286. The van der Waals surface area contributed by atoms with Gasteiger partial charge < -0.3 is 9.47 Å². The molecule has 0 saturated carbocycles. The summed E-state index contributed by atoms with van der Waals surface area (Å²) in [5.74, 6) is 1.34. The van der Waals surface area contributed by atoms with Crippen LogP contribution in [-0.2, 0) is 4.79 Å². The van der Waals surface area contributed by atoms with Crippen LogP contribution in [0.15, 0.2) is 29.4 Å². The Morgan fingerprint density at radius 1 is 1.16 bits per heavy atom. The molecular weight excluding hydrogens is 244 g/mol. The molecule has 2 rings (SSSR count). The van der Waals surface area contributed by atoms with Crippen LogP contribution in [0, 0.1) is 0 Å². The maximum absolute atomic E-state index is 11.0. The van der Waals surface area contributed by atoms with Gasteiger partial charge >= 0.3 is 0 Å². The molecule has 100 valence electrons. The molecule has 0 bridgehead atoms. The van der Waals surface area contributed by atoms with Crippen molar-refractivity contribution in [1.82, 2.24) is 5.43 Å². The number of allylic oxidation sites excluding steroid dienone is 1. The number of nitrogens with one attached hydrogen (secondary N) is 1. The van der Waals surface area contributed by atoms with Crippen molar-refractivity contribution in [2.75, 3.05) is 14.2 Å². The molecule has 0 unspecified atom stereocenters. The van der Waals surface area contributed by atoms with Crippen LogP contribution in [0.2, 0.25) is 0 Å². The molecule has 0 aromatic heterocycles. The molecule has 1 aliphatic rings. The normalized spacial score (nSPS) is 15.1. The summed E-state index contributed by atoms with van der Waals surface area (Å²) >= 11 is 0. The monoisotopic (exact) mass is 260 g/mol. The van der Waals surface area contributed by atoms with Gasteiger partial charge in [0.1, 0.15) is 0 Å². The summed E-state index contributed by atoms with van der Waals surface area (Å²) in [4.78, 5) is 11.0. The van der Waals surface area contributed by atoms with Gasteiger partial charge in [0, 0.05) is 12.8 Å². The summed E-state index contributed by atoms with van der Waals surface area (Å²) in [7, 11) is 3.21. The van der Waals surface area contributed by atoms with Gasteiger partial charge in [0.2, 0.25) is 5.91 Å². The molecule has 0 spiro atoms. The highest BCUT2D eigenvalue weighted by atomic mass is 16.5. The number of amides is 1. The highest BCUT2D eigenvalue weighted by molar-refractivity contribution is 6.02. The lowest BCUT2D eigenvalue weighted by Crippen LogP contribution is -2.24. The molecular formula is C14H16N2O3. The molecule has 1 heterocycles. The Labute approximate surface area is 111 Å². The second kappa shape index (κ2) is 6.04. The van der Waals surface area contributed by atoms with E-state index in [2.05, 4.69) is 10.5 Å². The first-order chi connectivity index (χ1) is 9.22. The average molecular weight is 260 g/mol. The van der Waals surface area contributed by atoms with Gasteiger partial charge in [-0.1, -0.05) is 12.1 Å². The van der Waals surface area contributed by atoms with E-state index in [1.807, 2.05) is 30.4 Å². The number of rotatable bonds is 4. The molecule has 5 heteroatoms. The number of nitrogens with zero attached hydrogens (tertiary/aromatic N) is 1. The average Bonchev–Trinajstić information content (AvgIpc) is 2.46. The number of carbonyl (C=O) groups excluding carboxylic acids is 1. The minimum Gasteiger partial charge on any atom is -0.493 e. The van der Waals surface area contributed by atoms with Crippen molar-refractivity contribution in [3.05, 3.63) is 29.8 Å². The predicted octanol–water partition coefficient (Wildman–Crippen LogP) is 1.98.